The Morgan fingerprint density at radius 1 is 1.13 bits per heavy atom. The first-order valence-corrected chi connectivity index (χ1v) is 12.0. The van der Waals surface area contributed by atoms with E-state index in [4.69, 9.17) is 29.5 Å². The molecule has 17 heteroatoms. The number of morpholine rings is 1. The molecule has 38 heavy (non-hydrogen) atoms. The molecule has 0 bridgehead atoms. The van der Waals surface area contributed by atoms with E-state index < -0.39 is 24.3 Å². The minimum absolute atomic E-state index is 0.100. The summed E-state index contributed by atoms with van der Waals surface area (Å²) in [4.78, 5) is 35.2. The minimum atomic E-state index is -5.08. The normalized spacial score (nSPS) is 18.2. The molecule has 10 nitrogen and oxygen atoms in total. The number of carbonyl (C=O) groups is 2. The number of hydrogen-bond acceptors (Lipinski definition) is 9. The van der Waals surface area contributed by atoms with Crippen LogP contribution in [0.3, 0.4) is 0 Å². The Labute approximate surface area is 216 Å². The molecule has 1 unspecified atom stereocenters. The van der Waals surface area contributed by atoms with E-state index in [1.807, 2.05) is 17.8 Å². The molecule has 2 aromatic rings. The molecule has 1 aliphatic heterocycles. The topological polar surface area (TPSA) is 138 Å². The summed E-state index contributed by atoms with van der Waals surface area (Å²) in [6.45, 7) is 5.25. The Hall–Kier alpha value is -3.05. The van der Waals surface area contributed by atoms with Crippen molar-refractivity contribution in [3.05, 3.63) is 34.2 Å². The number of hydrogen-bond donors (Lipinski definition) is 3. The summed E-state index contributed by atoms with van der Waals surface area (Å²) in [5.41, 5.74) is 3.03. The maximum atomic E-state index is 10.6. The van der Waals surface area contributed by atoms with Crippen LogP contribution in [0.25, 0.3) is 0 Å². The Balaban J connectivity index is 0.000000301. The van der Waals surface area contributed by atoms with Crippen LogP contribution in [0.15, 0.2) is 17.8 Å². The number of carboxylic acids is 2. The van der Waals surface area contributed by atoms with Crippen LogP contribution >= 0.6 is 11.3 Å². The van der Waals surface area contributed by atoms with Gasteiger partial charge in [0, 0.05) is 30.2 Å². The Morgan fingerprint density at radius 2 is 1.74 bits per heavy atom. The largest absolute Gasteiger partial charge is 0.490 e. The van der Waals surface area contributed by atoms with Gasteiger partial charge in [-0.15, -0.1) is 11.3 Å². The molecule has 1 atom stereocenters. The third-order valence-electron chi connectivity index (χ3n) is 5.35. The highest BCUT2D eigenvalue weighted by atomic mass is 32.1. The number of ether oxygens (including phenoxy) is 1. The second-order valence-electron chi connectivity index (χ2n) is 8.10. The Morgan fingerprint density at radius 3 is 2.21 bits per heavy atom. The van der Waals surface area contributed by atoms with Crippen molar-refractivity contribution in [1.82, 2.24) is 19.9 Å². The highest BCUT2D eigenvalue weighted by molar-refractivity contribution is 7.09. The van der Waals surface area contributed by atoms with E-state index in [1.165, 1.54) is 24.1 Å². The Kier molecular flexibility index (Phi) is 11.2. The van der Waals surface area contributed by atoms with Crippen LogP contribution in [0.4, 0.5) is 32.2 Å². The van der Waals surface area contributed by atoms with Crippen molar-refractivity contribution >= 4 is 29.1 Å². The first kappa shape index (κ1) is 31.2. The molecule has 3 N–H and O–H groups in total. The number of thiazole rings is 1. The number of aliphatic carboxylic acids is 2. The van der Waals surface area contributed by atoms with Gasteiger partial charge in [0.2, 0.25) is 0 Å². The zero-order chi connectivity index (χ0) is 28.5. The van der Waals surface area contributed by atoms with Gasteiger partial charge in [-0.05, 0) is 32.3 Å². The average Bonchev–Trinajstić information content (AvgIpc) is 3.21. The van der Waals surface area contributed by atoms with Crippen molar-refractivity contribution in [1.29, 1.82) is 0 Å². The first-order chi connectivity index (χ1) is 17.7. The molecule has 2 aromatic heterocycles. The van der Waals surface area contributed by atoms with Gasteiger partial charge in [0.25, 0.3) is 0 Å². The molecule has 2 fully saturated rings. The molecule has 3 heterocycles. The monoisotopic (exact) mass is 573 g/mol. The quantitative estimate of drug-likeness (QED) is 0.449. The Bertz CT molecular complexity index is 1040. The van der Waals surface area contributed by atoms with Crippen LogP contribution in [0.2, 0.25) is 0 Å². The molecule has 0 spiro atoms. The second kappa shape index (κ2) is 13.7. The van der Waals surface area contributed by atoms with E-state index in [2.05, 4.69) is 27.1 Å². The van der Waals surface area contributed by atoms with Gasteiger partial charge < -0.3 is 20.3 Å². The van der Waals surface area contributed by atoms with Gasteiger partial charge in [0.1, 0.15) is 11.6 Å². The van der Waals surface area contributed by atoms with Gasteiger partial charge in [0.05, 0.1) is 30.5 Å². The van der Waals surface area contributed by atoms with Gasteiger partial charge in [-0.1, -0.05) is 0 Å². The number of halogens is 6. The number of alkyl halides is 6. The summed E-state index contributed by atoms with van der Waals surface area (Å²) in [6, 6.07) is 2.64. The average molecular weight is 574 g/mol. The highest BCUT2D eigenvalue weighted by Gasteiger charge is 2.39. The molecular weight excluding hydrogens is 548 g/mol. The number of aromatic nitrogens is 3. The summed E-state index contributed by atoms with van der Waals surface area (Å²) in [5, 5.41) is 17.8. The summed E-state index contributed by atoms with van der Waals surface area (Å²) in [5.74, 6) is -3.73. The summed E-state index contributed by atoms with van der Waals surface area (Å²) in [7, 11) is 0. The molecule has 0 aromatic carbocycles. The van der Waals surface area contributed by atoms with Crippen LogP contribution in [0.5, 0.6) is 0 Å². The van der Waals surface area contributed by atoms with Gasteiger partial charge in [0.15, 0.2) is 0 Å². The van der Waals surface area contributed by atoms with Crippen LogP contribution < -0.4 is 5.32 Å². The third-order valence-corrected chi connectivity index (χ3v) is 6.27. The lowest BCUT2D eigenvalue weighted by molar-refractivity contribution is -0.193. The molecule has 1 aliphatic carbocycles. The van der Waals surface area contributed by atoms with Gasteiger partial charge >= 0.3 is 24.3 Å². The lowest BCUT2D eigenvalue weighted by Gasteiger charge is -2.34. The van der Waals surface area contributed by atoms with E-state index >= 15 is 0 Å². The zero-order valence-electron chi connectivity index (χ0n) is 19.9. The molecule has 4 rings (SSSR count). The molecule has 212 valence electrons. The number of anilines is 1. The van der Waals surface area contributed by atoms with Crippen molar-refractivity contribution in [3.8, 4) is 0 Å². The number of nitrogens with one attached hydrogen (secondary N) is 1. The molecule has 1 saturated heterocycles. The molecule has 2 aliphatic rings. The van der Waals surface area contributed by atoms with Crippen molar-refractivity contribution in [2.45, 2.75) is 57.2 Å². The zero-order valence-corrected chi connectivity index (χ0v) is 20.7. The van der Waals surface area contributed by atoms with E-state index in [-0.39, 0.29) is 6.04 Å². The van der Waals surface area contributed by atoms with E-state index in [9.17, 15) is 26.3 Å². The van der Waals surface area contributed by atoms with Gasteiger partial charge in [-0.3, -0.25) is 4.90 Å². The maximum Gasteiger partial charge on any atom is 0.490 e. The van der Waals surface area contributed by atoms with E-state index in [0.29, 0.717) is 12.6 Å². The molecule has 0 amide bonds. The molecular formula is C21H25F6N5O5S. The van der Waals surface area contributed by atoms with Crippen molar-refractivity contribution in [3.63, 3.8) is 0 Å². The highest BCUT2D eigenvalue weighted by Crippen LogP contribution is 2.27. The maximum absolute atomic E-state index is 10.6. The summed E-state index contributed by atoms with van der Waals surface area (Å²) in [6.07, 6.45) is -4.52. The van der Waals surface area contributed by atoms with Gasteiger partial charge in [-0.2, -0.15) is 26.3 Å². The molecule has 0 radical (unpaired) electrons. The SMILES string of the molecule is Cc1ncsc1CN1CCOCC1c1nccc(NC2CCC2)n1.O=C(O)C(F)(F)F.O=C(O)C(F)(F)F. The lowest BCUT2D eigenvalue weighted by atomic mass is 9.93. The summed E-state index contributed by atoms with van der Waals surface area (Å²) >= 11 is 1.72. The first-order valence-electron chi connectivity index (χ1n) is 11.1. The van der Waals surface area contributed by atoms with Crippen LogP contribution in [0.1, 0.15) is 41.7 Å². The van der Waals surface area contributed by atoms with Crippen LogP contribution in [-0.2, 0) is 20.9 Å². The fraction of sp³-hybridized carbons (Fsp3) is 0.571. The minimum Gasteiger partial charge on any atom is -0.475 e. The predicted molar refractivity (Wildman–Crippen MR) is 121 cm³/mol. The van der Waals surface area contributed by atoms with Crippen molar-refractivity contribution in [2.24, 2.45) is 0 Å². The lowest BCUT2D eigenvalue weighted by Crippen LogP contribution is -2.40. The summed E-state index contributed by atoms with van der Waals surface area (Å²) < 4.78 is 69.2. The standard InChI is InChI=1S/C17H23N5OS.2C2HF3O2/c1-12-15(24-11-19-12)9-22-7-8-23-10-14(22)17-18-6-5-16(21-17)20-13-3-2-4-13;2*3-2(4,5)1(6)7/h5-6,11,13-14H,2-4,7-10H2,1H3,(H,18,20,21);2*(H,6,7). The number of carboxylic acid groups (broad SMARTS) is 2. The number of rotatable bonds is 5. The van der Waals surface area contributed by atoms with Crippen molar-refractivity contribution in [2.75, 3.05) is 25.1 Å². The second-order valence-corrected chi connectivity index (χ2v) is 9.04. The smallest absolute Gasteiger partial charge is 0.475 e. The fourth-order valence-electron chi connectivity index (χ4n) is 3.10. The van der Waals surface area contributed by atoms with Gasteiger partial charge in [-0.25, -0.2) is 24.5 Å². The van der Waals surface area contributed by atoms with Crippen molar-refractivity contribution < 1.29 is 50.9 Å². The third kappa shape index (κ3) is 10.0. The number of nitrogens with zero attached hydrogens (tertiary/aromatic N) is 4. The van der Waals surface area contributed by atoms with E-state index in [1.54, 1.807) is 11.3 Å². The molecule has 1 saturated carbocycles. The predicted octanol–water partition coefficient (Wildman–Crippen LogP) is 4.05. The van der Waals surface area contributed by atoms with Crippen LogP contribution in [-0.4, -0.2) is 80.2 Å². The van der Waals surface area contributed by atoms with Crippen LogP contribution in [0, 0.1) is 6.92 Å². The fourth-order valence-corrected chi connectivity index (χ4v) is 3.91. The van der Waals surface area contributed by atoms with E-state index in [0.717, 1.165) is 37.0 Å². The number of aryl methyl sites for hydroxylation is 1.